The Labute approximate surface area is 109 Å². The molecular weight excluding hydrogens is 230 g/mol. The highest BCUT2D eigenvalue weighted by atomic mass is 16.4. The molecule has 1 rings (SSSR count). The third-order valence-electron chi connectivity index (χ3n) is 3.26. The Hall–Kier alpha value is -1.29. The summed E-state index contributed by atoms with van der Waals surface area (Å²) in [6.07, 6.45) is 3.25. The van der Waals surface area contributed by atoms with Gasteiger partial charge in [-0.3, -0.25) is 9.69 Å². The number of carbonyl (C=O) groups is 1. The summed E-state index contributed by atoms with van der Waals surface area (Å²) >= 11 is 0. The number of furan rings is 1. The second-order valence-corrected chi connectivity index (χ2v) is 5.24. The number of carboxylic acids is 1. The largest absolute Gasteiger partial charge is 0.481 e. The highest BCUT2D eigenvalue weighted by molar-refractivity contribution is 5.73. The van der Waals surface area contributed by atoms with Crippen LogP contribution < -0.4 is 0 Å². The van der Waals surface area contributed by atoms with Gasteiger partial charge in [-0.25, -0.2) is 0 Å². The molecule has 1 heterocycles. The summed E-state index contributed by atoms with van der Waals surface area (Å²) in [4.78, 5) is 13.3. The third kappa shape index (κ3) is 4.53. The summed E-state index contributed by atoms with van der Waals surface area (Å²) < 4.78 is 5.32. The summed E-state index contributed by atoms with van der Waals surface area (Å²) in [5, 5.41) is 9.04. The maximum atomic E-state index is 11.0. The molecule has 102 valence electrons. The van der Waals surface area contributed by atoms with Crippen molar-refractivity contribution in [2.24, 2.45) is 5.41 Å². The fraction of sp³-hybridized carbons (Fsp3) is 0.643. The Bertz CT molecular complexity index is 357. The monoisotopic (exact) mass is 253 g/mol. The number of nitrogens with zero attached hydrogens (tertiary/aromatic N) is 1. The first-order valence-electron chi connectivity index (χ1n) is 6.44. The van der Waals surface area contributed by atoms with Crippen LogP contribution in [0.5, 0.6) is 0 Å². The predicted octanol–water partition coefficient (Wildman–Crippen LogP) is 2.99. The lowest BCUT2D eigenvalue weighted by atomic mass is 9.88. The van der Waals surface area contributed by atoms with Crippen molar-refractivity contribution in [3.05, 3.63) is 24.2 Å². The number of carboxylic acid groups (broad SMARTS) is 1. The lowest BCUT2D eigenvalue weighted by Gasteiger charge is -2.23. The van der Waals surface area contributed by atoms with E-state index in [9.17, 15) is 4.79 Å². The zero-order valence-electron chi connectivity index (χ0n) is 11.5. The van der Waals surface area contributed by atoms with Gasteiger partial charge in [0.15, 0.2) is 0 Å². The van der Waals surface area contributed by atoms with Crippen molar-refractivity contribution in [1.29, 1.82) is 0 Å². The molecule has 18 heavy (non-hydrogen) atoms. The fourth-order valence-electron chi connectivity index (χ4n) is 1.82. The van der Waals surface area contributed by atoms with Crippen molar-refractivity contribution in [2.75, 3.05) is 13.1 Å². The first-order chi connectivity index (χ1) is 8.45. The van der Waals surface area contributed by atoms with E-state index >= 15 is 0 Å². The van der Waals surface area contributed by atoms with E-state index in [-0.39, 0.29) is 0 Å². The van der Waals surface area contributed by atoms with Crippen LogP contribution in [0.25, 0.3) is 0 Å². The van der Waals surface area contributed by atoms with Gasteiger partial charge in [-0.1, -0.05) is 6.92 Å². The standard InChI is InChI=1S/C14H23NO3/c1-4-15(11-12-7-5-10-18-12)9-6-8-14(2,3)13(16)17/h5,7,10H,4,6,8-9,11H2,1-3H3,(H,16,17). The second kappa shape index (κ2) is 6.59. The molecule has 1 aromatic heterocycles. The molecule has 1 aromatic rings. The van der Waals surface area contributed by atoms with Gasteiger partial charge in [0.1, 0.15) is 5.76 Å². The molecule has 0 saturated heterocycles. The molecule has 0 unspecified atom stereocenters. The van der Waals surface area contributed by atoms with Crippen LogP contribution in [0.2, 0.25) is 0 Å². The summed E-state index contributed by atoms with van der Waals surface area (Å²) in [6.45, 7) is 8.28. The molecule has 4 heteroatoms. The first kappa shape index (κ1) is 14.8. The van der Waals surface area contributed by atoms with Crippen LogP contribution in [0.4, 0.5) is 0 Å². The van der Waals surface area contributed by atoms with Gasteiger partial charge in [-0.05, 0) is 51.9 Å². The summed E-state index contributed by atoms with van der Waals surface area (Å²) in [5.74, 6) is 0.228. The Balaban J connectivity index is 2.34. The average molecular weight is 253 g/mol. The lowest BCUT2D eigenvalue weighted by Crippen LogP contribution is -2.28. The van der Waals surface area contributed by atoms with Crippen LogP contribution in [0, 0.1) is 5.41 Å². The van der Waals surface area contributed by atoms with Gasteiger partial charge in [0, 0.05) is 0 Å². The molecule has 4 nitrogen and oxygen atoms in total. The molecule has 0 bridgehead atoms. The van der Waals surface area contributed by atoms with E-state index in [1.807, 2.05) is 12.1 Å². The third-order valence-corrected chi connectivity index (χ3v) is 3.26. The molecule has 0 aliphatic rings. The molecule has 0 radical (unpaired) electrons. The maximum absolute atomic E-state index is 11.0. The summed E-state index contributed by atoms with van der Waals surface area (Å²) in [6, 6.07) is 3.85. The zero-order chi connectivity index (χ0) is 13.6. The SMILES string of the molecule is CCN(CCCC(C)(C)C(=O)O)Cc1ccco1. The van der Waals surface area contributed by atoms with Crippen molar-refractivity contribution < 1.29 is 14.3 Å². The molecule has 0 aliphatic heterocycles. The molecule has 1 N–H and O–H groups in total. The van der Waals surface area contributed by atoms with Crippen LogP contribution in [-0.4, -0.2) is 29.1 Å². The van der Waals surface area contributed by atoms with E-state index in [2.05, 4.69) is 11.8 Å². The van der Waals surface area contributed by atoms with E-state index < -0.39 is 11.4 Å². The Morgan fingerprint density at radius 2 is 2.22 bits per heavy atom. The number of rotatable bonds is 8. The second-order valence-electron chi connectivity index (χ2n) is 5.24. The van der Waals surface area contributed by atoms with Gasteiger partial charge in [-0.2, -0.15) is 0 Å². The van der Waals surface area contributed by atoms with Gasteiger partial charge in [0.25, 0.3) is 0 Å². The molecule has 0 aromatic carbocycles. The normalized spacial score (nSPS) is 12.0. The average Bonchev–Trinajstić information content (AvgIpc) is 2.80. The molecule has 0 atom stereocenters. The first-order valence-corrected chi connectivity index (χ1v) is 6.44. The summed E-state index contributed by atoms with van der Waals surface area (Å²) in [5.41, 5.74) is -0.635. The van der Waals surface area contributed by atoms with Gasteiger partial charge >= 0.3 is 5.97 Å². The minimum Gasteiger partial charge on any atom is -0.481 e. The number of hydrogen-bond donors (Lipinski definition) is 1. The van der Waals surface area contributed by atoms with Crippen LogP contribution in [0.1, 0.15) is 39.4 Å². The zero-order valence-corrected chi connectivity index (χ0v) is 11.5. The summed E-state index contributed by atoms with van der Waals surface area (Å²) in [7, 11) is 0. The smallest absolute Gasteiger partial charge is 0.309 e. The van der Waals surface area contributed by atoms with Crippen molar-refractivity contribution in [3.8, 4) is 0 Å². The molecule has 0 fully saturated rings. The fourth-order valence-corrected chi connectivity index (χ4v) is 1.82. The van der Waals surface area contributed by atoms with E-state index in [0.29, 0.717) is 6.42 Å². The maximum Gasteiger partial charge on any atom is 0.309 e. The van der Waals surface area contributed by atoms with Crippen LogP contribution >= 0.6 is 0 Å². The number of aliphatic carboxylic acids is 1. The minimum absolute atomic E-state index is 0.635. The highest BCUT2D eigenvalue weighted by Gasteiger charge is 2.26. The van der Waals surface area contributed by atoms with E-state index in [1.54, 1.807) is 20.1 Å². The van der Waals surface area contributed by atoms with Crippen molar-refractivity contribution in [1.82, 2.24) is 4.90 Å². The van der Waals surface area contributed by atoms with E-state index in [1.165, 1.54) is 0 Å². The Morgan fingerprint density at radius 1 is 1.50 bits per heavy atom. The van der Waals surface area contributed by atoms with Crippen LogP contribution in [0.15, 0.2) is 22.8 Å². The van der Waals surface area contributed by atoms with Gasteiger partial charge in [0.05, 0.1) is 18.2 Å². The topological polar surface area (TPSA) is 53.7 Å². The molecule has 0 amide bonds. The molecular formula is C14H23NO3. The number of hydrogen-bond acceptors (Lipinski definition) is 3. The van der Waals surface area contributed by atoms with Crippen molar-refractivity contribution in [2.45, 2.75) is 40.2 Å². The predicted molar refractivity (Wildman–Crippen MR) is 70.3 cm³/mol. The lowest BCUT2D eigenvalue weighted by molar-refractivity contribution is -0.147. The Morgan fingerprint density at radius 3 is 2.72 bits per heavy atom. The van der Waals surface area contributed by atoms with E-state index in [0.717, 1.165) is 31.8 Å². The van der Waals surface area contributed by atoms with Crippen LogP contribution in [0.3, 0.4) is 0 Å². The highest BCUT2D eigenvalue weighted by Crippen LogP contribution is 2.22. The molecule has 0 aliphatic carbocycles. The van der Waals surface area contributed by atoms with Crippen LogP contribution in [-0.2, 0) is 11.3 Å². The van der Waals surface area contributed by atoms with Gasteiger partial charge in [-0.15, -0.1) is 0 Å². The molecule has 0 spiro atoms. The minimum atomic E-state index is -0.725. The van der Waals surface area contributed by atoms with Gasteiger partial charge in [0.2, 0.25) is 0 Å². The molecule has 0 saturated carbocycles. The van der Waals surface area contributed by atoms with Crippen molar-refractivity contribution in [3.63, 3.8) is 0 Å². The van der Waals surface area contributed by atoms with Crippen molar-refractivity contribution >= 4 is 5.97 Å². The Kier molecular flexibility index (Phi) is 5.41. The van der Waals surface area contributed by atoms with Gasteiger partial charge < -0.3 is 9.52 Å². The quantitative estimate of drug-likeness (QED) is 0.773. The van der Waals surface area contributed by atoms with E-state index in [4.69, 9.17) is 9.52 Å².